The van der Waals surface area contributed by atoms with Crippen molar-refractivity contribution in [3.8, 4) is 11.5 Å². The Labute approximate surface area is 216 Å². The van der Waals surface area contributed by atoms with E-state index in [1.54, 1.807) is 30.1 Å². The highest BCUT2D eigenvalue weighted by molar-refractivity contribution is 6.33. The Hall–Kier alpha value is -3.58. The number of benzene rings is 2. The van der Waals surface area contributed by atoms with Crippen molar-refractivity contribution in [3.63, 3.8) is 0 Å². The van der Waals surface area contributed by atoms with Crippen molar-refractivity contribution in [2.75, 3.05) is 14.2 Å². The van der Waals surface area contributed by atoms with Crippen LogP contribution in [0.1, 0.15) is 53.8 Å². The van der Waals surface area contributed by atoms with Crippen molar-refractivity contribution in [2.24, 2.45) is 11.0 Å². The second kappa shape index (κ2) is 10.2. The summed E-state index contributed by atoms with van der Waals surface area (Å²) < 4.78 is 12.9. The molecule has 1 amide bonds. The van der Waals surface area contributed by atoms with Crippen LogP contribution in [0.2, 0.25) is 5.02 Å². The first-order valence-electron chi connectivity index (χ1n) is 12.2. The number of hydrogen-bond donors (Lipinski definition) is 0. The molecule has 2 atom stereocenters. The van der Waals surface area contributed by atoms with Gasteiger partial charge in [-0.25, -0.2) is 5.01 Å². The maximum Gasteiger partial charge on any atom is 0.296 e. The molecule has 0 N–H and O–H groups in total. The van der Waals surface area contributed by atoms with Crippen LogP contribution in [-0.2, 0) is 6.54 Å². The number of hydrogen-bond acceptors (Lipinski definition) is 5. The molecule has 1 fully saturated rings. The minimum Gasteiger partial charge on any atom is -0.496 e. The number of aromatic nitrogens is 2. The van der Waals surface area contributed by atoms with Gasteiger partial charge in [-0.15, -0.1) is 0 Å². The van der Waals surface area contributed by atoms with Crippen molar-refractivity contribution in [1.29, 1.82) is 0 Å². The molecule has 0 unspecified atom stereocenters. The molecule has 1 aliphatic carbocycles. The Morgan fingerprint density at radius 2 is 1.83 bits per heavy atom. The molecule has 1 aromatic heterocycles. The average Bonchev–Trinajstić information content (AvgIpc) is 3.49. The molecular formula is C28H29ClN4O3. The van der Waals surface area contributed by atoms with Gasteiger partial charge in [-0.2, -0.15) is 10.2 Å². The Balaban J connectivity index is 1.63. The van der Waals surface area contributed by atoms with E-state index in [0.29, 0.717) is 11.6 Å². The van der Waals surface area contributed by atoms with Crippen LogP contribution in [0.15, 0.2) is 65.4 Å². The summed E-state index contributed by atoms with van der Waals surface area (Å²) in [4.78, 5) is 13.9. The quantitative estimate of drug-likeness (QED) is 0.412. The Kier molecular flexibility index (Phi) is 6.83. The normalized spacial score (nSPS) is 20.3. The van der Waals surface area contributed by atoms with Crippen LogP contribution >= 0.6 is 11.6 Å². The molecule has 5 rings (SSSR count). The van der Waals surface area contributed by atoms with Gasteiger partial charge in [-0.1, -0.05) is 48.0 Å². The number of carbonyl (C=O) groups is 1. The van der Waals surface area contributed by atoms with Crippen LogP contribution < -0.4 is 9.47 Å². The number of aryl methyl sites for hydroxylation is 1. The molecule has 2 heterocycles. The number of fused-ring (bicyclic) bond motifs is 1. The maximum absolute atomic E-state index is 13.9. The number of nitrogens with zero attached hydrogens (tertiary/aromatic N) is 4. The zero-order chi connectivity index (χ0) is 25.2. The maximum atomic E-state index is 13.9. The summed E-state index contributed by atoms with van der Waals surface area (Å²) in [5, 5.41) is 11.3. The van der Waals surface area contributed by atoms with Gasteiger partial charge in [0.1, 0.15) is 11.5 Å². The SMILES string of the molecule is CCn1cc(Cl)c(C(=O)N2N=C3/C(=C/c4ccccc4OC)CCC[C@H]3[C@@H]2c2ccccc2OC)n1. The van der Waals surface area contributed by atoms with Crippen LogP contribution in [0.3, 0.4) is 0 Å². The Morgan fingerprint density at radius 3 is 2.56 bits per heavy atom. The van der Waals surface area contributed by atoms with Crippen LogP contribution in [0.5, 0.6) is 11.5 Å². The fraction of sp³-hybridized carbons (Fsp3) is 0.321. The van der Waals surface area contributed by atoms with Gasteiger partial charge in [0.25, 0.3) is 5.91 Å². The molecule has 7 nitrogen and oxygen atoms in total. The molecule has 2 aromatic carbocycles. The van der Waals surface area contributed by atoms with E-state index in [4.69, 9.17) is 26.2 Å². The number of rotatable bonds is 6. The average molecular weight is 505 g/mol. The third-order valence-electron chi connectivity index (χ3n) is 6.88. The number of para-hydroxylation sites is 2. The van der Waals surface area contributed by atoms with Crippen molar-refractivity contribution >= 4 is 29.3 Å². The van der Waals surface area contributed by atoms with E-state index >= 15 is 0 Å². The fourth-order valence-electron chi connectivity index (χ4n) is 5.17. The van der Waals surface area contributed by atoms with Gasteiger partial charge < -0.3 is 9.47 Å². The summed E-state index contributed by atoms with van der Waals surface area (Å²) in [7, 11) is 3.32. The lowest BCUT2D eigenvalue weighted by molar-refractivity contribution is 0.0671. The molecule has 0 saturated heterocycles. The first-order chi connectivity index (χ1) is 17.5. The standard InChI is InChI=1S/C28H29ClN4O3/c1-4-32-17-22(29)26(30-32)28(34)33-27(20-12-6-8-15-24(20)36-3)21-13-9-11-19(25(21)31-33)16-18-10-5-7-14-23(18)35-2/h5-8,10,12,14-17,21,27H,4,9,11,13H2,1-3H3/b19-16+/t21-,27+/m1/s1. The lowest BCUT2D eigenvalue weighted by Crippen LogP contribution is -2.32. The molecule has 3 aromatic rings. The molecule has 1 aliphatic heterocycles. The minimum absolute atomic E-state index is 0.0204. The third kappa shape index (κ3) is 4.28. The number of ether oxygens (including phenoxy) is 2. The fourth-order valence-corrected chi connectivity index (χ4v) is 5.40. The van der Waals surface area contributed by atoms with Gasteiger partial charge in [0, 0.05) is 29.8 Å². The number of carbonyl (C=O) groups excluding carboxylic acids is 1. The molecule has 0 radical (unpaired) electrons. The highest BCUT2D eigenvalue weighted by atomic mass is 35.5. The van der Waals surface area contributed by atoms with Gasteiger partial charge >= 0.3 is 0 Å². The lowest BCUT2D eigenvalue weighted by atomic mass is 9.77. The van der Waals surface area contributed by atoms with Crippen LogP contribution in [-0.4, -0.2) is 40.6 Å². The van der Waals surface area contributed by atoms with E-state index in [-0.39, 0.29) is 23.6 Å². The number of methoxy groups -OCH3 is 2. The van der Waals surface area contributed by atoms with Crippen LogP contribution in [0.25, 0.3) is 6.08 Å². The molecular weight excluding hydrogens is 476 g/mol. The second-order valence-corrected chi connectivity index (χ2v) is 9.32. The Morgan fingerprint density at radius 1 is 1.11 bits per heavy atom. The Bertz CT molecular complexity index is 1350. The zero-order valence-electron chi connectivity index (χ0n) is 20.6. The van der Waals surface area contributed by atoms with Crippen molar-refractivity contribution in [3.05, 3.63) is 82.1 Å². The highest BCUT2D eigenvalue weighted by Gasteiger charge is 2.45. The van der Waals surface area contributed by atoms with Gasteiger partial charge in [-0.05, 0) is 50.0 Å². The van der Waals surface area contributed by atoms with Gasteiger partial charge in [0.2, 0.25) is 0 Å². The zero-order valence-corrected chi connectivity index (χ0v) is 21.4. The summed E-state index contributed by atoms with van der Waals surface area (Å²) in [6.07, 6.45) is 6.58. The summed E-state index contributed by atoms with van der Waals surface area (Å²) >= 11 is 6.44. The molecule has 0 spiro atoms. The van der Waals surface area contributed by atoms with Crippen LogP contribution in [0, 0.1) is 5.92 Å². The topological polar surface area (TPSA) is 69.0 Å². The predicted octanol–water partition coefficient (Wildman–Crippen LogP) is 6.01. The summed E-state index contributed by atoms with van der Waals surface area (Å²) in [6.45, 7) is 2.57. The van der Waals surface area contributed by atoms with Gasteiger partial charge in [0.15, 0.2) is 5.69 Å². The molecule has 36 heavy (non-hydrogen) atoms. The first-order valence-corrected chi connectivity index (χ1v) is 12.5. The van der Waals surface area contributed by atoms with Gasteiger partial charge in [-0.3, -0.25) is 9.48 Å². The number of halogens is 1. The minimum atomic E-state index is -0.326. The first kappa shape index (κ1) is 24.1. The van der Waals surface area contributed by atoms with E-state index in [9.17, 15) is 4.79 Å². The summed E-state index contributed by atoms with van der Waals surface area (Å²) in [5.41, 5.74) is 4.14. The summed E-state index contributed by atoms with van der Waals surface area (Å²) in [5.74, 6) is 1.23. The smallest absolute Gasteiger partial charge is 0.296 e. The predicted molar refractivity (Wildman–Crippen MR) is 141 cm³/mol. The van der Waals surface area contributed by atoms with E-state index in [2.05, 4.69) is 11.2 Å². The molecule has 186 valence electrons. The number of amides is 1. The third-order valence-corrected chi connectivity index (χ3v) is 7.16. The number of hydrazone groups is 1. The molecule has 1 saturated carbocycles. The monoisotopic (exact) mass is 504 g/mol. The van der Waals surface area contributed by atoms with Crippen molar-refractivity contribution in [2.45, 2.75) is 38.8 Å². The number of allylic oxidation sites excluding steroid dienone is 1. The summed E-state index contributed by atoms with van der Waals surface area (Å²) in [6, 6.07) is 15.4. The van der Waals surface area contributed by atoms with Crippen molar-refractivity contribution < 1.29 is 14.3 Å². The van der Waals surface area contributed by atoms with E-state index in [1.165, 1.54) is 0 Å². The largest absolute Gasteiger partial charge is 0.496 e. The van der Waals surface area contributed by atoms with E-state index in [0.717, 1.165) is 53.2 Å². The van der Waals surface area contributed by atoms with Crippen LogP contribution in [0.4, 0.5) is 0 Å². The second-order valence-electron chi connectivity index (χ2n) is 8.91. The molecule has 2 aliphatic rings. The van der Waals surface area contributed by atoms with E-state index < -0.39 is 0 Å². The van der Waals surface area contributed by atoms with Crippen molar-refractivity contribution in [1.82, 2.24) is 14.8 Å². The van der Waals surface area contributed by atoms with E-state index in [1.807, 2.05) is 55.5 Å². The lowest BCUT2D eigenvalue weighted by Gasteiger charge is -2.30. The molecule has 0 bridgehead atoms. The van der Waals surface area contributed by atoms with Gasteiger partial charge in [0.05, 0.1) is 31.0 Å². The highest BCUT2D eigenvalue weighted by Crippen LogP contribution is 2.47. The molecule has 8 heteroatoms.